The van der Waals surface area contributed by atoms with Crippen LogP contribution in [0.15, 0.2) is 10.5 Å². The number of nitrogens with zero attached hydrogens (tertiary/aromatic N) is 1. The maximum absolute atomic E-state index is 6.58. The first kappa shape index (κ1) is 8.16. The van der Waals surface area contributed by atoms with Gasteiger partial charge in [0.2, 0.25) is 6.54 Å². The van der Waals surface area contributed by atoms with E-state index in [0.717, 1.165) is 11.3 Å². The molecule has 0 saturated carbocycles. The van der Waals surface area contributed by atoms with E-state index >= 15 is 0 Å². The molecule has 0 unspecified atom stereocenters. The summed E-state index contributed by atoms with van der Waals surface area (Å²) in [6.45, 7) is 8.89. The zero-order valence-corrected chi connectivity index (χ0v) is 6.98. The van der Waals surface area contributed by atoms with Crippen LogP contribution < -0.4 is 0 Å². The summed E-state index contributed by atoms with van der Waals surface area (Å²) in [7, 11) is 0. The molecule has 11 heavy (non-hydrogen) atoms. The minimum Gasteiger partial charge on any atom is -0.450 e. The van der Waals surface area contributed by atoms with Gasteiger partial charge in [-0.15, -0.1) is 0 Å². The SMILES string of the molecule is [C-]#[N+]CCc1cc(C)oc1Cl. The van der Waals surface area contributed by atoms with Gasteiger partial charge in [-0.2, -0.15) is 0 Å². The van der Waals surface area contributed by atoms with E-state index in [9.17, 15) is 0 Å². The van der Waals surface area contributed by atoms with Crippen LogP contribution in [0.3, 0.4) is 0 Å². The number of rotatable bonds is 2. The molecule has 1 rings (SSSR count). The Morgan fingerprint density at radius 1 is 1.73 bits per heavy atom. The van der Waals surface area contributed by atoms with Gasteiger partial charge in [-0.3, -0.25) is 0 Å². The minimum atomic E-state index is 0.422. The Kier molecular flexibility index (Phi) is 2.56. The van der Waals surface area contributed by atoms with E-state index in [1.54, 1.807) is 0 Å². The molecule has 0 fully saturated rings. The van der Waals surface area contributed by atoms with Crippen LogP contribution in [0.5, 0.6) is 0 Å². The highest BCUT2D eigenvalue weighted by Crippen LogP contribution is 2.20. The lowest BCUT2D eigenvalue weighted by Crippen LogP contribution is -1.84. The number of halogens is 1. The van der Waals surface area contributed by atoms with Gasteiger partial charge in [0.25, 0.3) is 0 Å². The predicted octanol–water partition coefficient (Wildman–Crippen LogP) is 2.70. The fourth-order valence-electron chi connectivity index (χ4n) is 0.885. The average Bonchev–Trinajstić information content (AvgIpc) is 2.26. The van der Waals surface area contributed by atoms with Crippen LogP contribution in [0.25, 0.3) is 4.85 Å². The fourth-order valence-corrected chi connectivity index (χ4v) is 1.16. The Balaban J connectivity index is 2.71. The molecule has 0 radical (unpaired) electrons. The van der Waals surface area contributed by atoms with Crippen molar-refractivity contribution in [2.75, 3.05) is 6.54 Å². The molecule has 0 amide bonds. The van der Waals surface area contributed by atoms with Crippen LogP contribution in [0.4, 0.5) is 0 Å². The number of hydrogen-bond donors (Lipinski definition) is 0. The second-order valence-corrected chi connectivity index (χ2v) is 2.63. The molecule has 58 valence electrons. The van der Waals surface area contributed by atoms with Crippen LogP contribution in [0, 0.1) is 13.5 Å². The molecule has 0 atom stereocenters. The van der Waals surface area contributed by atoms with E-state index in [-0.39, 0.29) is 0 Å². The molecule has 0 saturated heterocycles. The van der Waals surface area contributed by atoms with Crippen molar-refractivity contribution in [2.24, 2.45) is 0 Å². The normalized spacial score (nSPS) is 9.55. The van der Waals surface area contributed by atoms with Gasteiger partial charge in [-0.25, -0.2) is 6.57 Å². The number of aryl methyl sites for hydroxylation is 1. The summed E-state index contributed by atoms with van der Waals surface area (Å²) in [5, 5.41) is 0.422. The molecular formula is C8H8ClNO. The summed E-state index contributed by atoms with van der Waals surface area (Å²) in [5.74, 6) is 0.801. The highest BCUT2D eigenvalue weighted by atomic mass is 35.5. The van der Waals surface area contributed by atoms with Crippen LogP contribution in [0.2, 0.25) is 5.22 Å². The van der Waals surface area contributed by atoms with E-state index in [4.69, 9.17) is 22.6 Å². The number of hydrogen-bond acceptors (Lipinski definition) is 1. The van der Waals surface area contributed by atoms with Crippen molar-refractivity contribution >= 4 is 11.6 Å². The van der Waals surface area contributed by atoms with Gasteiger partial charge in [0.1, 0.15) is 5.76 Å². The predicted molar refractivity (Wildman–Crippen MR) is 43.6 cm³/mol. The molecule has 0 aromatic carbocycles. The van der Waals surface area contributed by atoms with Crippen LogP contribution in [-0.2, 0) is 6.42 Å². The van der Waals surface area contributed by atoms with Crippen molar-refractivity contribution in [2.45, 2.75) is 13.3 Å². The van der Waals surface area contributed by atoms with Crippen molar-refractivity contribution in [3.05, 3.63) is 34.0 Å². The van der Waals surface area contributed by atoms with Crippen LogP contribution in [-0.4, -0.2) is 6.54 Å². The third kappa shape index (κ3) is 1.99. The van der Waals surface area contributed by atoms with Gasteiger partial charge >= 0.3 is 0 Å². The third-order valence-corrected chi connectivity index (χ3v) is 1.69. The monoisotopic (exact) mass is 169 g/mol. The summed E-state index contributed by atoms with van der Waals surface area (Å²) in [6, 6.07) is 1.87. The minimum absolute atomic E-state index is 0.422. The molecule has 1 heterocycles. The lowest BCUT2D eigenvalue weighted by molar-refractivity contribution is 0.534. The summed E-state index contributed by atoms with van der Waals surface area (Å²) in [4.78, 5) is 3.23. The van der Waals surface area contributed by atoms with Gasteiger partial charge in [-0.05, 0) is 24.6 Å². The maximum atomic E-state index is 6.58. The Morgan fingerprint density at radius 2 is 2.45 bits per heavy atom. The molecule has 0 bridgehead atoms. The van der Waals surface area contributed by atoms with E-state index < -0.39 is 0 Å². The zero-order chi connectivity index (χ0) is 8.27. The zero-order valence-electron chi connectivity index (χ0n) is 6.22. The van der Waals surface area contributed by atoms with Gasteiger partial charge < -0.3 is 9.26 Å². The second-order valence-electron chi connectivity index (χ2n) is 2.29. The van der Waals surface area contributed by atoms with Gasteiger partial charge in [-0.1, -0.05) is 0 Å². The maximum Gasteiger partial charge on any atom is 0.218 e. The molecule has 1 aromatic heterocycles. The topological polar surface area (TPSA) is 17.5 Å². The standard InChI is InChI=1S/C8H8ClNO/c1-6-5-7(3-4-10-2)8(9)11-6/h5H,3-4H2,1H3. The van der Waals surface area contributed by atoms with Crippen molar-refractivity contribution < 1.29 is 4.42 Å². The van der Waals surface area contributed by atoms with E-state index in [2.05, 4.69) is 4.85 Å². The Hall–Kier alpha value is -0.940. The second kappa shape index (κ2) is 3.45. The highest BCUT2D eigenvalue weighted by molar-refractivity contribution is 6.29. The summed E-state index contributed by atoms with van der Waals surface area (Å²) < 4.78 is 5.07. The molecule has 0 spiro atoms. The van der Waals surface area contributed by atoms with Crippen molar-refractivity contribution in [1.29, 1.82) is 0 Å². The molecule has 0 N–H and O–H groups in total. The summed E-state index contributed by atoms with van der Waals surface area (Å²) >= 11 is 5.71. The smallest absolute Gasteiger partial charge is 0.218 e. The highest BCUT2D eigenvalue weighted by Gasteiger charge is 2.06. The van der Waals surface area contributed by atoms with Crippen LogP contribution >= 0.6 is 11.6 Å². The van der Waals surface area contributed by atoms with Crippen molar-refractivity contribution in [1.82, 2.24) is 0 Å². The molecule has 0 aliphatic heterocycles. The summed E-state index contributed by atoms with van der Waals surface area (Å²) in [6.07, 6.45) is 0.680. The van der Waals surface area contributed by atoms with E-state index in [1.165, 1.54) is 0 Å². The van der Waals surface area contributed by atoms with Gasteiger partial charge in [0.15, 0.2) is 5.22 Å². The lowest BCUT2D eigenvalue weighted by Gasteiger charge is -1.86. The summed E-state index contributed by atoms with van der Waals surface area (Å²) in [5.41, 5.74) is 0.931. The van der Waals surface area contributed by atoms with Gasteiger partial charge in [0, 0.05) is 12.0 Å². The first-order chi connectivity index (χ1) is 5.24. The molecule has 0 aliphatic rings. The Labute approximate surface area is 70.6 Å². The first-order valence-electron chi connectivity index (χ1n) is 3.32. The van der Waals surface area contributed by atoms with Gasteiger partial charge in [0.05, 0.1) is 0 Å². The largest absolute Gasteiger partial charge is 0.450 e. The molecule has 1 aromatic rings. The Bertz CT molecular complexity index is 285. The van der Waals surface area contributed by atoms with Crippen molar-refractivity contribution in [3.8, 4) is 0 Å². The average molecular weight is 170 g/mol. The first-order valence-corrected chi connectivity index (χ1v) is 3.70. The Morgan fingerprint density at radius 3 is 2.91 bits per heavy atom. The fraction of sp³-hybridized carbons (Fsp3) is 0.375. The quantitative estimate of drug-likeness (QED) is 0.623. The third-order valence-electron chi connectivity index (χ3n) is 1.37. The molecule has 0 aliphatic carbocycles. The van der Waals surface area contributed by atoms with E-state index in [0.29, 0.717) is 18.2 Å². The number of furan rings is 1. The van der Waals surface area contributed by atoms with Crippen molar-refractivity contribution in [3.63, 3.8) is 0 Å². The lowest BCUT2D eigenvalue weighted by atomic mass is 10.2. The molecule has 3 heteroatoms. The molecular weight excluding hydrogens is 162 g/mol. The molecule has 2 nitrogen and oxygen atoms in total. The van der Waals surface area contributed by atoms with E-state index in [1.807, 2.05) is 13.0 Å². The van der Waals surface area contributed by atoms with Crippen LogP contribution in [0.1, 0.15) is 11.3 Å².